The molecule has 1 aromatic heterocycles. The Morgan fingerprint density at radius 1 is 1.53 bits per heavy atom. The molecule has 4 nitrogen and oxygen atoms in total. The highest BCUT2D eigenvalue weighted by Crippen LogP contribution is 2.33. The van der Waals surface area contributed by atoms with Gasteiger partial charge in [-0.3, -0.25) is 0 Å². The van der Waals surface area contributed by atoms with Gasteiger partial charge in [0.1, 0.15) is 12.7 Å². The molecule has 0 radical (unpaired) electrons. The zero-order valence-electron chi connectivity index (χ0n) is 11.1. The lowest BCUT2D eigenvalue weighted by atomic mass is 9.92. The minimum atomic E-state index is 0.134. The number of rotatable bonds is 4. The molecule has 4 heteroatoms. The van der Waals surface area contributed by atoms with E-state index in [0.29, 0.717) is 18.4 Å². The first-order valence-corrected chi connectivity index (χ1v) is 6.43. The third-order valence-corrected chi connectivity index (χ3v) is 3.49. The molecule has 1 aliphatic rings. The Bertz CT molecular complexity index is 373. The Morgan fingerprint density at radius 3 is 2.94 bits per heavy atom. The lowest BCUT2D eigenvalue weighted by Gasteiger charge is -2.26. The molecule has 2 atom stereocenters. The van der Waals surface area contributed by atoms with Crippen LogP contribution in [0.3, 0.4) is 0 Å². The first-order valence-electron chi connectivity index (χ1n) is 6.43. The van der Waals surface area contributed by atoms with Gasteiger partial charge in [-0.15, -0.1) is 0 Å². The van der Waals surface area contributed by atoms with Crippen LogP contribution < -0.4 is 4.74 Å². The molecule has 0 saturated heterocycles. The van der Waals surface area contributed by atoms with E-state index in [2.05, 4.69) is 25.9 Å². The maximum Gasteiger partial charge on any atom is 0.215 e. The van der Waals surface area contributed by atoms with Gasteiger partial charge in [0.25, 0.3) is 0 Å². The molecule has 0 spiro atoms. The Balaban J connectivity index is 2.15. The molecule has 0 bridgehead atoms. The summed E-state index contributed by atoms with van der Waals surface area (Å²) in [6.45, 7) is 10.8. The number of nitrogens with zero attached hydrogens (tertiary/aromatic N) is 2. The molecule has 2 unspecified atom stereocenters. The molecule has 96 valence electrons. The van der Waals surface area contributed by atoms with Crippen LogP contribution in [0.4, 0.5) is 0 Å². The summed E-state index contributed by atoms with van der Waals surface area (Å²) in [5.74, 6) is 2.00. The molecular formula is C13H22N2O2. The van der Waals surface area contributed by atoms with Crippen LogP contribution in [0, 0.1) is 5.92 Å². The van der Waals surface area contributed by atoms with E-state index in [1.807, 2.05) is 17.8 Å². The zero-order chi connectivity index (χ0) is 12.4. The second kappa shape index (κ2) is 5.08. The van der Waals surface area contributed by atoms with Crippen molar-refractivity contribution in [1.82, 2.24) is 9.78 Å². The number of hydrogen-bond donors (Lipinski definition) is 0. The largest absolute Gasteiger partial charge is 0.475 e. The van der Waals surface area contributed by atoms with Crippen LogP contribution in [0.2, 0.25) is 0 Å². The van der Waals surface area contributed by atoms with Gasteiger partial charge in [0.05, 0.1) is 12.7 Å². The van der Waals surface area contributed by atoms with E-state index in [0.717, 1.165) is 19.0 Å². The van der Waals surface area contributed by atoms with Crippen LogP contribution in [0.25, 0.3) is 0 Å². The number of aromatic nitrogens is 2. The molecule has 1 aromatic rings. The third kappa shape index (κ3) is 2.46. The Labute approximate surface area is 103 Å². The standard InChI is InChI=1S/C13H22N2O2/c1-5-16-11-7-15-13(17-8-11)12(6-14-15)10(4)9(2)3/h6,9-11H,5,7-8H2,1-4H3. The van der Waals surface area contributed by atoms with Crippen LogP contribution in [0.15, 0.2) is 6.20 Å². The molecule has 0 N–H and O–H groups in total. The summed E-state index contributed by atoms with van der Waals surface area (Å²) in [6.07, 6.45) is 2.07. The molecule has 17 heavy (non-hydrogen) atoms. The summed E-state index contributed by atoms with van der Waals surface area (Å²) in [5.41, 5.74) is 1.22. The highest BCUT2D eigenvalue weighted by atomic mass is 16.5. The van der Waals surface area contributed by atoms with Crippen molar-refractivity contribution in [3.8, 4) is 5.88 Å². The van der Waals surface area contributed by atoms with Gasteiger partial charge >= 0.3 is 0 Å². The molecule has 0 aromatic carbocycles. The lowest BCUT2D eigenvalue weighted by Crippen LogP contribution is -2.33. The van der Waals surface area contributed by atoms with Crippen molar-refractivity contribution in [3.63, 3.8) is 0 Å². The SMILES string of the molecule is CCOC1COc2c(C(C)C(C)C)cnn2C1. The quantitative estimate of drug-likeness (QED) is 0.808. The van der Waals surface area contributed by atoms with E-state index >= 15 is 0 Å². The number of hydrogen-bond acceptors (Lipinski definition) is 3. The summed E-state index contributed by atoms with van der Waals surface area (Å²) < 4.78 is 13.3. The molecule has 0 amide bonds. The van der Waals surface area contributed by atoms with Gasteiger partial charge in [-0.25, -0.2) is 4.68 Å². The van der Waals surface area contributed by atoms with Gasteiger partial charge in [0.15, 0.2) is 0 Å². The Morgan fingerprint density at radius 2 is 2.29 bits per heavy atom. The highest BCUT2D eigenvalue weighted by molar-refractivity contribution is 5.29. The Hall–Kier alpha value is -1.03. The van der Waals surface area contributed by atoms with Crippen LogP contribution in [-0.4, -0.2) is 29.1 Å². The lowest BCUT2D eigenvalue weighted by molar-refractivity contribution is -0.00696. The van der Waals surface area contributed by atoms with Crippen molar-refractivity contribution >= 4 is 0 Å². The Kier molecular flexibility index (Phi) is 3.72. The van der Waals surface area contributed by atoms with E-state index in [-0.39, 0.29) is 6.10 Å². The van der Waals surface area contributed by atoms with Crippen molar-refractivity contribution < 1.29 is 9.47 Å². The van der Waals surface area contributed by atoms with Crippen molar-refractivity contribution in [2.24, 2.45) is 5.92 Å². The summed E-state index contributed by atoms with van der Waals surface area (Å²) in [4.78, 5) is 0. The normalized spacial score (nSPS) is 21.1. The van der Waals surface area contributed by atoms with Crippen molar-refractivity contribution in [1.29, 1.82) is 0 Å². The van der Waals surface area contributed by atoms with E-state index in [4.69, 9.17) is 9.47 Å². The second-order valence-electron chi connectivity index (χ2n) is 5.01. The van der Waals surface area contributed by atoms with E-state index < -0.39 is 0 Å². The maximum atomic E-state index is 5.81. The second-order valence-corrected chi connectivity index (χ2v) is 5.01. The fourth-order valence-corrected chi connectivity index (χ4v) is 2.10. The predicted octanol–water partition coefficient (Wildman–Crippen LogP) is 2.44. The van der Waals surface area contributed by atoms with Gasteiger partial charge in [-0.1, -0.05) is 20.8 Å². The smallest absolute Gasteiger partial charge is 0.215 e. The summed E-state index contributed by atoms with van der Waals surface area (Å²) in [6, 6.07) is 0. The maximum absolute atomic E-state index is 5.81. The molecule has 0 saturated carbocycles. The minimum absolute atomic E-state index is 0.134. The number of fused-ring (bicyclic) bond motifs is 1. The van der Waals surface area contributed by atoms with E-state index in [1.54, 1.807) is 0 Å². The van der Waals surface area contributed by atoms with E-state index in [1.165, 1.54) is 5.56 Å². The van der Waals surface area contributed by atoms with Gasteiger partial charge in [0, 0.05) is 12.2 Å². The molecular weight excluding hydrogens is 216 g/mol. The molecule has 0 aliphatic carbocycles. The van der Waals surface area contributed by atoms with E-state index in [9.17, 15) is 0 Å². The average molecular weight is 238 g/mol. The van der Waals surface area contributed by atoms with Gasteiger partial charge in [0.2, 0.25) is 5.88 Å². The third-order valence-electron chi connectivity index (χ3n) is 3.49. The van der Waals surface area contributed by atoms with Crippen LogP contribution in [0.5, 0.6) is 5.88 Å². The minimum Gasteiger partial charge on any atom is -0.475 e. The molecule has 2 rings (SSSR count). The fourth-order valence-electron chi connectivity index (χ4n) is 2.10. The van der Waals surface area contributed by atoms with Crippen molar-refractivity contribution in [3.05, 3.63) is 11.8 Å². The number of ether oxygens (including phenoxy) is 2. The van der Waals surface area contributed by atoms with Crippen LogP contribution in [0.1, 0.15) is 39.2 Å². The molecule has 0 fully saturated rings. The van der Waals surface area contributed by atoms with Gasteiger partial charge in [-0.05, 0) is 18.8 Å². The summed E-state index contributed by atoms with van der Waals surface area (Å²) in [5, 5.41) is 4.40. The first-order chi connectivity index (χ1) is 8.13. The molecule has 2 heterocycles. The predicted molar refractivity (Wildman–Crippen MR) is 66.4 cm³/mol. The first kappa shape index (κ1) is 12.4. The van der Waals surface area contributed by atoms with Crippen LogP contribution in [-0.2, 0) is 11.3 Å². The van der Waals surface area contributed by atoms with Crippen molar-refractivity contribution in [2.45, 2.75) is 46.3 Å². The van der Waals surface area contributed by atoms with Gasteiger partial charge in [-0.2, -0.15) is 5.10 Å². The van der Waals surface area contributed by atoms with Crippen molar-refractivity contribution in [2.75, 3.05) is 13.2 Å². The topological polar surface area (TPSA) is 36.3 Å². The summed E-state index contributed by atoms with van der Waals surface area (Å²) in [7, 11) is 0. The highest BCUT2D eigenvalue weighted by Gasteiger charge is 2.26. The zero-order valence-corrected chi connectivity index (χ0v) is 11.1. The monoisotopic (exact) mass is 238 g/mol. The summed E-state index contributed by atoms with van der Waals surface area (Å²) >= 11 is 0. The molecule has 1 aliphatic heterocycles. The fraction of sp³-hybridized carbons (Fsp3) is 0.769. The average Bonchev–Trinajstić information content (AvgIpc) is 2.71. The van der Waals surface area contributed by atoms with Crippen LogP contribution >= 0.6 is 0 Å². The van der Waals surface area contributed by atoms with Gasteiger partial charge < -0.3 is 9.47 Å².